The summed E-state index contributed by atoms with van der Waals surface area (Å²) >= 11 is 0. The molecule has 0 heterocycles. The Bertz CT molecular complexity index is 440. The van der Waals surface area contributed by atoms with Crippen molar-refractivity contribution in [3.8, 4) is 0 Å². The number of carbonyl (C=O) groups is 1. The molecule has 0 saturated heterocycles. The number of nitrogens with two attached hydrogens (primary N) is 1. The predicted molar refractivity (Wildman–Crippen MR) is 73.2 cm³/mol. The molecule has 0 bridgehead atoms. The first kappa shape index (κ1) is 13.1. The minimum Gasteiger partial charge on any atom is -0.366 e. The van der Waals surface area contributed by atoms with Gasteiger partial charge in [0.15, 0.2) is 0 Å². The fourth-order valence-corrected chi connectivity index (χ4v) is 2.85. The van der Waals surface area contributed by atoms with Gasteiger partial charge in [-0.05, 0) is 29.9 Å². The van der Waals surface area contributed by atoms with Crippen LogP contribution in [0.15, 0.2) is 24.3 Å². The van der Waals surface area contributed by atoms with Crippen LogP contribution in [0.2, 0.25) is 0 Å². The second-order valence-electron chi connectivity index (χ2n) is 5.84. The Morgan fingerprint density at radius 3 is 2.78 bits per heavy atom. The molecule has 1 aromatic rings. The van der Waals surface area contributed by atoms with Gasteiger partial charge in [-0.15, -0.1) is 0 Å². The monoisotopic (exact) mass is 246 g/mol. The van der Waals surface area contributed by atoms with Crippen LogP contribution in [0.5, 0.6) is 0 Å². The fraction of sp³-hybridized carbons (Fsp3) is 0.533. The van der Waals surface area contributed by atoms with Crippen LogP contribution in [0.25, 0.3) is 0 Å². The molecule has 1 unspecified atom stereocenters. The summed E-state index contributed by atoms with van der Waals surface area (Å²) in [5.74, 6) is -0.349. The smallest absolute Gasteiger partial charge is 0.249 e. The molecule has 18 heavy (non-hydrogen) atoms. The van der Waals surface area contributed by atoms with Crippen molar-refractivity contribution >= 4 is 5.91 Å². The van der Waals surface area contributed by atoms with Crippen LogP contribution < -0.4 is 11.1 Å². The maximum atomic E-state index is 11.3. The highest BCUT2D eigenvalue weighted by Crippen LogP contribution is 2.37. The zero-order chi connectivity index (χ0) is 13.2. The lowest BCUT2D eigenvalue weighted by Gasteiger charge is -2.28. The molecule has 3 nitrogen and oxygen atoms in total. The van der Waals surface area contributed by atoms with Crippen LogP contribution in [0.3, 0.4) is 0 Å². The summed E-state index contributed by atoms with van der Waals surface area (Å²) in [6.45, 7) is 5.32. The zero-order valence-electron chi connectivity index (χ0n) is 11.2. The van der Waals surface area contributed by atoms with Gasteiger partial charge in [0.25, 0.3) is 0 Å². The molecule has 0 radical (unpaired) electrons. The van der Waals surface area contributed by atoms with E-state index >= 15 is 0 Å². The van der Waals surface area contributed by atoms with Crippen LogP contribution in [-0.4, -0.2) is 11.9 Å². The number of nitrogens with one attached hydrogen (secondary N) is 1. The van der Waals surface area contributed by atoms with Gasteiger partial charge in [-0.1, -0.05) is 38.5 Å². The van der Waals surface area contributed by atoms with Gasteiger partial charge >= 0.3 is 0 Å². The highest BCUT2D eigenvalue weighted by molar-refractivity contribution is 5.94. The summed E-state index contributed by atoms with van der Waals surface area (Å²) in [6.07, 6.45) is 3.76. The Morgan fingerprint density at radius 1 is 1.44 bits per heavy atom. The Balaban J connectivity index is 2.04. The van der Waals surface area contributed by atoms with E-state index in [0.717, 1.165) is 5.56 Å². The molecule has 1 atom stereocenters. The maximum Gasteiger partial charge on any atom is 0.249 e. The van der Waals surface area contributed by atoms with Crippen molar-refractivity contribution in [1.29, 1.82) is 0 Å². The third-order valence-corrected chi connectivity index (χ3v) is 4.08. The average Bonchev–Trinajstić information content (AvgIpc) is 2.66. The second-order valence-corrected chi connectivity index (χ2v) is 5.84. The van der Waals surface area contributed by atoms with E-state index in [-0.39, 0.29) is 5.91 Å². The number of rotatable bonds is 4. The van der Waals surface area contributed by atoms with Crippen LogP contribution in [0.4, 0.5) is 0 Å². The summed E-state index contributed by atoms with van der Waals surface area (Å²) < 4.78 is 0. The summed E-state index contributed by atoms with van der Waals surface area (Å²) in [7, 11) is 0. The number of hydrogen-bond acceptors (Lipinski definition) is 2. The van der Waals surface area contributed by atoms with Crippen molar-refractivity contribution in [2.45, 2.75) is 45.7 Å². The average molecular weight is 246 g/mol. The molecule has 1 aliphatic carbocycles. The third kappa shape index (κ3) is 2.72. The van der Waals surface area contributed by atoms with Gasteiger partial charge in [-0.3, -0.25) is 4.79 Å². The summed E-state index contributed by atoms with van der Waals surface area (Å²) in [5.41, 5.74) is 7.35. The molecule has 0 aliphatic heterocycles. The predicted octanol–water partition coefficient (Wildman–Crippen LogP) is 2.45. The number of carbonyl (C=O) groups excluding carboxylic acids is 1. The van der Waals surface area contributed by atoms with E-state index in [0.29, 0.717) is 23.6 Å². The number of primary amides is 1. The second kappa shape index (κ2) is 5.11. The molecular weight excluding hydrogens is 224 g/mol. The third-order valence-electron chi connectivity index (χ3n) is 4.08. The molecule has 1 amide bonds. The first-order valence-corrected chi connectivity index (χ1v) is 6.62. The largest absolute Gasteiger partial charge is 0.366 e. The molecule has 1 saturated carbocycles. The number of hydrogen-bond donors (Lipinski definition) is 2. The number of amides is 1. The molecule has 0 aromatic heterocycles. The molecule has 1 fully saturated rings. The molecular formula is C15H22N2O. The van der Waals surface area contributed by atoms with E-state index < -0.39 is 0 Å². The lowest BCUT2D eigenvalue weighted by atomic mass is 9.87. The van der Waals surface area contributed by atoms with Crippen molar-refractivity contribution in [3.05, 3.63) is 35.4 Å². The van der Waals surface area contributed by atoms with Gasteiger partial charge in [0.1, 0.15) is 0 Å². The molecule has 0 spiro atoms. The first-order valence-electron chi connectivity index (χ1n) is 6.62. The van der Waals surface area contributed by atoms with Gasteiger partial charge < -0.3 is 11.1 Å². The molecule has 2 rings (SSSR count). The Kier molecular flexibility index (Phi) is 3.71. The lowest BCUT2D eigenvalue weighted by molar-refractivity contribution is 0.0999. The molecule has 1 aliphatic rings. The van der Waals surface area contributed by atoms with Gasteiger partial charge in [0.2, 0.25) is 5.91 Å². The van der Waals surface area contributed by atoms with Crippen LogP contribution >= 0.6 is 0 Å². The highest BCUT2D eigenvalue weighted by atomic mass is 16.1. The standard InChI is InChI=1S/C15H22N2O/c1-15(2)9-5-8-13(15)17-10-11-6-3-4-7-12(11)14(16)18/h3-4,6-7,13,17H,5,8-10H2,1-2H3,(H2,16,18). The van der Waals surface area contributed by atoms with Gasteiger partial charge in [0, 0.05) is 18.2 Å². The van der Waals surface area contributed by atoms with E-state index in [2.05, 4.69) is 19.2 Å². The molecule has 98 valence electrons. The van der Waals surface area contributed by atoms with Gasteiger partial charge in [-0.25, -0.2) is 0 Å². The van der Waals surface area contributed by atoms with E-state index in [1.54, 1.807) is 6.07 Å². The fourth-order valence-electron chi connectivity index (χ4n) is 2.85. The van der Waals surface area contributed by atoms with E-state index in [9.17, 15) is 4.79 Å². The molecule has 3 N–H and O–H groups in total. The Labute approximate surface area is 109 Å². The number of benzene rings is 1. The molecule has 1 aromatic carbocycles. The van der Waals surface area contributed by atoms with Crippen LogP contribution in [0, 0.1) is 5.41 Å². The SMILES string of the molecule is CC1(C)CCCC1NCc1ccccc1C(N)=O. The van der Waals surface area contributed by atoms with Gasteiger partial charge in [0.05, 0.1) is 0 Å². The summed E-state index contributed by atoms with van der Waals surface area (Å²) in [4.78, 5) is 11.3. The minimum absolute atomic E-state index is 0.349. The van der Waals surface area contributed by atoms with Gasteiger partial charge in [-0.2, -0.15) is 0 Å². The Morgan fingerprint density at radius 2 is 2.17 bits per heavy atom. The molecule has 3 heteroatoms. The zero-order valence-corrected chi connectivity index (χ0v) is 11.2. The topological polar surface area (TPSA) is 55.1 Å². The van der Waals surface area contributed by atoms with E-state index in [1.807, 2.05) is 18.2 Å². The van der Waals surface area contributed by atoms with Crippen molar-refractivity contribution in [2.24, 2.45) is 11.1 Å². The van der Waals surface area contributed by atoms with Crippen molar-refractivity contribution < 1.29 is 4.79 Å². The summed E-state index contributed by atoms with van der Waals surface area (Å²) in [6, 6.07) is 8.08. The van der Waals surface area contributed by atoms with Crippen LogP contribution in [-0.2, 0) is 6.54 Å². The normalized spacial score (nSPS) is 22.0. The quantitative estimate of drug-likeness (QED) is 0.857. The van der Waals surface area contributed by atoms with E-state index in [4.69, 9.17) is 5.73 Å². The van der Waals surface area contributed by atoms with Crippen LogP contribution in [0.1, 0.15) is 49.0 Å². The minimum atomic E-state index is -0.349. The summed E-state index contributed by atoms with van der Waals surface area (Å²) in [5, 5.41) is 3.58. The van der Waals surface area contributed by atoms with E-state index in [1.165, 1.54) is 19.3 Å². The van der Waals surface area contributed by atoms with Crippen molar-refractivity contribution in [1.82, 2.24) is 5.32 Å². The maximum absolute atomic E-state index is 11.3. The van der Waals surface area contributed by atoms with Crippen molar-refractivity contribution in [2.75, 3.05) is 0 Å². The lowest BCUT2D eigenvalue weighted by Crippen LogP contribution is -2.37. The Hall–Kier alpha value is -1.35. The first-order chi connectivity index (χ1) is 8.50. The highest BCUT2D eigenvalue weighted by Gasteiger charge is 2.33. The van der Waals surface area contributed by atoms with Crippen molar-refractivity contribution in [3.63, 3.8) is 0 Å².